The molecule has 0 spiro atoms. The summed E-state index contributed by atoms with van der Waals surface area (Å²) < 4.78 is 23.7. The van der Waals surface area contributed by atoms with Gasteiger partial charge in [-0.05, 0) is 89.9 Å². The molecule has 0 aliphatic heterocycles. The molecule has 0 aliphatic carbocycles. The van der Waals surface area contributed by atoms with Gasteiger partial charge in [0.15, 0.2) is 0 Å². The van der Waals surface area contributed by atoms with Gasteiger partial charge in [0.25, 0.3) is 0 Å². The molecule has 0 saturated carbocycles. The lowest BCUT2D eigenvalue weighted by Gasteiger charge is -2.25. The topological polar surface area (TPSA) is 105 Å². The third kappa shape index (κ3) is 57.1. The van der Waals surface area contributed by atoms with Crippen molar-refractivity contribution in [3.8, 4) is 0 Å². The summed E-state index contributed by atoms with van der Waals surface area (Å²) in [7, 11) is 1.54. The third-order valence-electron chi connectivity index (χ3n) is 13.3. The first-order valence-electron chi connectivity index (χ1n) is 30.6. The molecular weight excluding hydrogens is 936 g/mol. The Morgan fingerprint density at radius 3 is 1.24 bits per heavy atom. The Kier molecular flexibility index (Phi) is 53.3. The van der Waals surface area contributed by atoms with E-state index in [0.29, 0.717) is 17.4 Å². The number of nitrogens with one attached hydrogen (secondary N) is 1. The van der Waals surface area contributed by atoms with Crippen LogP contribution < -0.4 is 5.32 Å². The van der Waals surface area contributed by atoms with Gasteiger partial charge in [-0.1, -0.05) is 259 Å². The van der Waals surface area contributed by atoms with Crippen molar-refractivity contribution in [2.45, 2.75) is 270 Å². The number of aliphatic hydroxyl groups is 1. The van der Waals surface area contributed by atoms with Crippen molar-refractivity contribution < 1.29 is 32.9 Å². The summed E-state index contributed by atoms with van der Waals surface area (Å²) in [4.78, 5) is 23.3. The molecule has 0 heterocycles. The number of rotatable bonds is 55. The maximum absolute atomic E-state index is 13.0. The Labute approximate surface area is 458 Å². The second-order valence-electron chi connectivity index (χ2n) is 21.7. The van der Waals surface area contributed by atoms with Gasteiger partial charge in [0, 0.05) is 6.42 Å². The first kappa shape index (κ1) is 71.4. The van der Waals surface area contributed by atoms with Crippen molar-refractivity contribution in [1.29, 1.82) is 0 Å². The number of nitrogens with zero attached hydrogens (tertiary/aromatic N) is 1. The average molecular weight is 1050 g/mol. The number of carbonyl (C=O) groups is 1. The predicted octanol–water partition coefficient (Wildman–Crippen LogP) is 19.0. The molecule has 3 atom stereocenters. The van der Waals surface area contributed by atoms with Crippen LogP contribution in [0.5, 0.6) is 0 Å². The molecule has 0 bridgehead atoms. The highest BCUT2D eigenvalue weighted by atomic mass is 31.2. The molecule has 0 aromatic heterocycles. The zero-order valence-corrected chi connectivity index (χ0v) is 49.7. The summed E-state index contributed by atoms with van der Waals surface area (Å²) in [5, 5.41) is 13.9. The van der Waals surface area contributed by atoms with Crippen molar-refractivity contribution in [2.75, 3.05) is 40.9 Å². The molecular formula is C65H118N2O6P+. The highest BCUT2D eigenvalue weighted by Crippen LogP contribution is 2.43. The maximum atomic E-state index is 13.0. The lowest BCUT2D eigenvalue weighted by Crippen LogP contribution is -2.45. The van der Waals surface area contributed by atoms with Gasteiger partial charge in [0.1, 0.15) is 13.2 Å². The Morgan fingerprint density at radius 2 is 0.824 bits per heavy atom. The zero-order chi connectivity index (χ0) is 54.2. The summed E-state index contributed by atoms with van der Waals surface area (Å²) in [6, 6.07) is -0.873. The van der Waals surface area contributed by atoms with Crippen LogP contribution in [0, 0.1) is 0 Å². The quantitative estimate of drug-likeness (QED) is 0.0243. The van der Waals surface area contributed by atoms with Crippen molar-refractivity contribution in [1.82, 2.24) is 5.32 Å². The molecule has 74 heavy (non-hydrogen) atoms. The van der Waals surface area contributed by atoms with E-state index in [-0.39, 0.29) is 19.1 Å². The van der Waals surface area contributed by atoms with Crippen LogP contribution in [0.1, 0.15) is 258 Å². The second-order valence-corrected chi connectivity index (χ2v) is 23.1. The van der Waals surface area contributed by atoms with Gasteiger partial charge >= 0.3 is 7.82 Å². The van der Waals surface area contributed by atoms with Crippen LogP contribution in [0.15, 0.2) is 97.2 Å². The van der Waals surface area contributed by atoms with Gasteiger partial charge in [0.05, 0.1) is 39.9 Å². The molecule has 0 aromatic carbocycles. The van der Waals surface area contributed by atoms with E-state index >= 15 is 0 Å². The predicted molar refractivity (Wildman–Crippen MR) is 322 cm³/mol. The number of phosphoric ester groups is 1. The van der Waals surface area contributed by atoms with E-state index in [1.807, 2.05) is 27.2 Å². The Balaban J connectivity index is 4.09. The van der Waals surface area contributed by atoms with Crippen molar-refractivity contribution in [3.05, 3.63) is 97.2 Å². The number of allylic oxidation sites excluding steroid dienone is 15. The van der Waals surface area contributed by atoms with Gasteiger partial charge in [-0.25, -0.2) is 4.57 Å². The number of amides is 1. The van der Waals surface area contributed by atoms with Crippen LogP contribution in [0.25, 0.3) is 0 Å². The first-order chi connectivity index (χ1) is 36.0. The molecule has 0 rings (SSSR count). The van der Waals surface area contributed by atoms with E-state index < -0.39 is 20.0 Å². The molecule has 428 valence electrons. The molecule has 9 heteroatoms. The van der Waals surface area contributed by atoms with Gasteiger partial charge in [0.2, 0.25) is 5.91 Å². The molecule has 3 N–H and O–H groups in total. The summed E-state index contributed by atoms with van der Waals surface area (Å²) in [5.41, 5.74) is 0. The van der Waals surface area contributed by atoms with Crippen molar-refractivity contribution in [3.63, 3.8) is 0 Å². The highest BCUT2D eigenvalue weighted by molar-refractivity contribution is 7.47. The van der Waals surface area contributed by atoms with Crippen LogP contribution in [-0.2, 0) is 18.4 Å². The lowest BCUT2D eigenvalue weighted by atomic mass is 10.0. The highest BCUT2D eigenvalue weighted by Gasteiger charge is 2.27. The fraction of sp³-hybridized carbons (Fsp3) is 0.738. The number of hydrogen-bond donors (Lipinski definition) is 3. The number of quaternary nitrogens is 1. The Hall–Kier alpha value is -2.58. The van der Waals surface area contributed by atoms with Gasteiger partial charge in [-0.3, -0.25) is 13.8 Å². The Morgan fingerprint density at radius 1 is 0.473 bits per heavy atom. The van der Waals surface area contributed by atoms with E-state index in [4.69, 9.17) is 9.05 Å². The fourth-order valence-electron chi connectivity index (χ4n) is 8.51. The van der Waals surface area contributed by atoms with Crippen molar-refractivity contribution in [2.24, 2.45) is 0 Å². The minimum absolute atomic E-state index is 0.0512. The van der Waals surface area contributed by atoms with E-state index in [1.54, 1.807) is 6.08 Å². The van der Waals surface area contributed by atoms with E-state index in [2.05, 4.69) is 104 Å². The molecule has 0 saturated heterocycles. The van der Waals surface area contributed by atoms with Gasteiger partial charge in [-0.2, -0.15) is 0 Å². The molecule has 3 unspecified atom stereocenters. The third-order valence-corrected chi connectivity index (χ3v) is 14.2. The smallest absolute Gasteiger partial charge is 0.387 e. The number of phosphoric acid groups is 1. The largest absolute Gasteiger partial charge is 0.472 e. The summed E-state index contributed by atoms with van der Waals surface area (Å²) >= 11 is 0. The molecule has 1 amide bonds. The SMILES string of the molecule is CC/C=C\C/C=C\C/C=C\C/C=C\C/C=C\CCCCCCCCCCCCCCCCCCCCCC(=O)NC(COP(=O)(O)OCC[N+](C)(C)C)C(O)/C=C/CC/C=C/CC/C=C/CCCCCCCCC. The molecule has 0 radical (unpaired) electrons. The van der Waals surface area contributed by atoms with Crippen LogP contribution in [0.4, 0.5) is 0 Å². The van der Waals surface area contributed by atoms with Crippen LogP contribution in [0.3, 0.4) is 0 Å². The minimum atomic E-state index is -4.36. The average Bonchev–Trinajstić information content (AvgIpc) is 3.36. The number of unbranched alkanes of at least 4 members (excludes halogenated alkanes) is 28. The number of carbonyl (C=O) groups excluding carboxylic acids is 1. The van der Waals surface area contributed by atoms with Crippen molar-refractivity contribution >= 4 is 13.7 Å². The second kappa shape index (κ2) is 55.2. The molecule has 0 aromatic rings. The summed E-state index contributed by atoms with van der Waals surface area (Å²) in [6.45, 7) is 4.67. The van der Waals surface area contributed by atoms with Crippen LogP contribution in [-0.4, -0.2) is 73.4 Å². The van der Waals surface area contributed by atoms with Crippen LogP contribution in [0.2, 0.25) is 0 Å². The maximum Gasteiger partial charge on any atom is 0.472 e. The first-order valence-corrected chi connectivity index (χ1v) is 32.1. The molecule has 8 nitrogen and oxygen atoms in total. The summed E-state index contributed by atoms with van der Waals surface area (Å²) in [6.07, 6.45) is 79.6. The standard InChI is InChI=1S/C65H117N2O6P/c1-6-8-10-12-14-16-18-20-22-24-25-26-27-28-29-30-31-32-33-34-35-36-37-38-39-40-41-43-45-47-49-51-53-55-57-59-65(69)66-63(62-73-74(70,71)72-61-60-67(3,4)5)64(68)58-56-54-52-50-48-46-44-42-23-21-19-17-15-13-11-9-7-2/h8,10,14,16,20,22-23,25-26,28-29,42,48,50,56,58,63-64,68H,6-7,9,11-13,15,17-19,21,24,27,30-41,43-47,49,51-55,57,59-62H2,1-5H3,(H-,66,69,70,71)/p+1/b10-8-,16-14-,22-20-,26-25-,29-28-,42-23+,50-48+,58-56+. The van der Waals surface area contributed by atoms with Crippen LogP contribution >= 0.6 is 7.82 Å². The van der Waals surface area contributed by atoms with E-state index in [1.165, 1.54) is 161 Å². The van der Waals surface area contributed by atoms with E-state index in [0.717, 1.165) is 77.0 Å². The van der Waals surface area contributed by atoms with E-state index in [9.17, 15) is 19.4 Å². The normalized spacial score (nSPS) is 14.5. The van der Waals surface area contributed by atoms with Gasteiger partial charge in [-0.15, -0.1) is 0 Å². The molecule has 0 aliphatic rings. The monoisotopic (exact) mass is 1050 g/mol. The van der Waals surface area contributed by atoms with Gasteiger partial charge < -0.3 is 19.8 Å². The summed E-state index contributed by atoms with van der Waals surface area (Å²) in [5.74, 6) is -0.191. The molecule has 0 fully saturated rings. The number of aliphatic hydroxyl groups excluding tert-OH is 1. The number of likely N-dealkylation sites (N-methyl/N-ethyl adjacent to an activating group) is 1. The lowest BCUT2D eigenvalue weighted by molar-refractivity contribution is -0.870. The fourth-order valence-corrected chi connectivity index (χ4v) is 9.25. The minimum Gasteiger partial charge on any atom is -0.387 e. The number of hydrogen-bond acceptors (Lipinski definition) is 5. The Bertz CT molecular complexity index is 1520. The zero-order valence-electron chi connectivity index (χ0n) is 48.8.